The van der Waals surface area contributed by atoms with Gasteiger partial charge in [-0.2, -0.15) is 18.3 Å². The quantitative estimate of drug-likeness (QED) is 0.390. The van der Waals surface area contributed by atoms with Crippen LogP contribution < -0.4 is 15.8 Å². The normalized spacial score (nSPS) is 26.1. The zero-order valence-electron chi connectivity index (χ0n) is 21.3. The molecular weight excluding hydrogens is 517 g/mol. The maximum atomic E-state index is 13.1. The van der Waals surface area contributed by atoms with E-state index in [1.54, 1.807) is 18.3 Å². The van der Waals surface area contributed by atoms with E-state index in [1.807, 2.05) is 6.08 Å². The molecule has 0 unspecified atom stereocenters. The predicted molar refractivity (Wildman–Crippen MR) is 143 cm³/mol. The molecule has 0 radical (unpaired) electrons. The van der Waals surface area contributed by atoms with Crippen LogP contribution in [-0.4, -0.2) is 41.6 Å². The van der Waals surface area contributed by atoms with Gasteiger partial charge in [0.05, 0.1) is 30.1 Å². The van der Waals surface area contributed by atoms with Crippen molar-refractivity contribution in [1.29, 1.82) is 0 Å². The monoisotopic (exact) mass is 550 g/mol. The van der Waals surface area contributed by atoms with Gasteiger partial charge in [-0.05, 0) is 75.1 Å². The number of alkyl halides is 3. The second-order valence-corrected chi connectivity index (χ2v) is 11.0. The van der Waals surface area contributed by atoms with Crippen molar-refractivity contribution in [2.24, 2.45) is 11.8 Å². The molecule has 3 fully saturated rings. The van der Waals surface area contributed by atoms with Gasteiger partial charge in [-0.3, -0.25) is 4.79 Å². The Labute approximate surface area is 225 Å². The van der Waals surface area contributed by atoms with Gasteiger partial charge in [0, 0.05) is 36.8 Å². The fourth-order valence-corrected chi connectivity index (χ4v) is 6.08. The lowest BCUT2D eigenvalue weighted by molar-refractivity contribution is -0.137. The summed E-state index contributed by atoms with van der Waals surface area (Å²) in [6.45, 7) is 5.91. The maximum Gasteiger partial charge on any atom is 0.416 e. The lowest BCUT2D eigenvalue weighted by atomic mass is 9.88. The van der Waals surface area contributed by atoms with Crippen LogP contribution in [0.3, 0.4) is 0 Å². The average Bonchev–Trinajstić information content (AvgIpc) is 3.75. The van der Waals surface area contributed by atoms with Crippen LogP contribution in [0.4, 0.5) is 24.5 Å². The molecule has 0 bridgehead atoms. The predicted octanol–water partition coefficient (Wildman–Crippen LogP) is 6.32. The van der Waals surface area contributed by atoms with E-state index >= 15 is 0 Å². The van der Waals surface area contributed by atoms with E-state index in [0.29, 0.717) is 30.8 Å². The summed E-state index contributed by atoms with van der Waals surface area (Å²) in [4.78, 5) is 15.4. The minimum Gasteiger partial charge on any atom is -0.382 e. The van der Waals surface area contributed by atoms with Gasteiger partial charge in [0.2, 0.25) is 0 Å². The number of benzene rings is 1. The number of hydrogen-bond acceptors (Lipinski definition) is 5. The van der Waals surface area contributed by atoms with Crippen molar-refractivity contribution in [3.05, 3.63) is 64.1 Å². The first-order chi connectivity index (χ1) is 18.3. The number of halogens is 4. The van der Waals surface area contributed by atoms with Gasteiger partial charge in [-0.25, -0.2) is 4.68 Å². The third kappa shape index (κ3) is 5.88. The fraction of sp³-hybridized carbons (Fsp3) is 0.571. The zero-order valence-corrected chi connectivity index (χ0v) is 22.1. The first-order valence-corrected chi connectivity index (χ1v) is 13.8. The van der Waals surface area contributed by atoms with Crippen molar-refractivity contribution in [3.8, 4) is 0 Å². The van der Waals surface area contributed by atoms with E-state index in [4.69, 9.17) is 16.3 Å². The SMILES string of the molecule is C=C[C@@H]1CCOC[C@@H]1CNc1cnn([C@H]2CC[C@H](N(c3ccc(C(F)(F)F)cc3)C3CC3)CC2)c(=O)c1Cl. The van der Waals surface area contributed by atoms with E-state index in [-0.39, 0.29) is 28.6 Å². The Bertz CT molecular complexity index is 1170. The minimum atomic E-state index is -4.34. The third-order valence-electron chi connectivity index (χ3n) is 8.17. The number of rotatable bonds is 8. The minimum absolute atomic E-state index is 0.0594. The highest BCUT2D eigenvalue weighted by molar-refractivity contribution is 6.32. The van der Waals surface area contributed by atoms with Crippen LogP contribution >= 0.6 is 11.6 Å². The zero-order chi connectivity index (χ0) is 26.9. The number of aromatic nitrogens is 2. The number of allylic oxidation sites excluding steroid dienone is 1. The molecule has 206 valence electrons. The van der Waals surface area contributed by atoms with E-state index in [2.05, 4.69) is 21.9 Å². The topological polar surface area (TPSA) is 59.4 Å². The Balaban J connectivity index is 1.22. The molecule has 1 aliphatic heterocycles. The Morgan fingerprint density at radius 1 is 1.11 bits per heavy atom. The summed E-state index contributed by atoms with van der Waals surface area (Å²) < 4.78 is 46.2. The second kappa shape index (κ2) is 11.3. The summed E-state index contributed by atoms with van der Waals surface area (Å²) in [5.74, 6) is 0.616. The molecule has 3 aliphatic rings. The van der Waals surface area contributed by atoms with Crippen molar-refractivity contribution < 1.29 is 17.9 Å². The second-order valence-electron chi connectivity index (χ2n) is 10.7. The summed E-state index contributed by atoms with van der Waals surface area (Å²) in [6.07, 6.45) is 5.45. The summed E-state index contributed by atoms with van der Waals surface area (Å²) in [7, 11) is 0. The molecule has 2 heterocycles. The van der Waals surface area contributed by atoms with E-state index in [0.717, 1.165) is 69.4 Å². The molecule has 1 aromatic heterocycles. The van der Waals surface area contributed by atoms with Gasteiger partial charge >= 0.3 is 6.18 Å². The molecule has 2 saturated carbocycles. The molecule has 5 rings (SSSR count). The Hall–Kier alpha value is -2.52. The highest BCUT2D eigenvalue weighted by atomic mass is 35.5. The lowest BCUT2D eigenvalue weighted by Crippen LogP contribution is -2.41. The number of nitrogens with zero attached hydrogens (tertiary/aromatic N) is 3. The molecule has 1 N–H and O–H groups in total. The molecule has 2 aromatic rings. The molecule has 2 atom stereocenters. The maximum absolute atomic E-state index is 13.1. The summed E-state index contributed by atoms with van der Waals surface area (Å²) in [5.41, 5.74) is 0.424. The molecule has 1 aromatic carbocycles. The average molecular weight is 551 g/mol. The van der Waals surface area contributed by atoms with E-state index in [9.17, 15) is 18.0 Å². The first-order valence-electron chi connectivity index (χ1n) is 13.4. The van der Waals surface area contributed by atoms with Gasteiger partial charge in [0.15, 0.2) is 0 Å². The largest absolute Gasteiger partial charge is 0.416 e. The van der Waals surface area contributed by atoms with Crippen molar-refractivity contribution >= 4 is 23.0 Å². The van der Waals surface area contributed by atoms with Crippen molar-refractivity contribution in [2.75, 3.05) is 30.0 Å². The Morgan fingerprint density at radius 3 is 2.37 bits per heavy atom. The van der Waals surface area contributed by atoms with Crippen LogP contribution in [0.1, 0.15) is 56.6 Å². The van der Waals surface area contributed by atoms with Gasteiger partial charge in [-0.1, -0.05) is 17.7 Å². The summed E-state index contributed by atoms with van der Waals surface area (Å²) in [5, 5.41) is 7.87. The number of nitrogens with one attached hydrogen (secondary N) is 1. The fourth-order valence-electron chi connectivity index (χ4n) is 5.88. The van der Waals surface area contributed by atoms with Crippen LogP contribution in [0.25, 0.3) is 0 Å². The molecular formula is C28H34ClF3N4O2. The smallest absolute Gasteiger partial charge is 0.382 e. The van der Waals surface area contributed by atoms with Gasteiger partial charge in [0.1, 0.15) is 5.02 Å². The van der Waals surface area contributed by atoms with E-state index in [1.165, 1.54) is 4.68 Å². The van der Waals surface area contributed by atoms with Crippen LogP contribution in [0.2, 0.25) is 5.02 Å². The Kier molecular flexibility index (Phi) is 8.05. The molecule has 6 nitrogen and oxygen atoms in total. The summed E-state index contributed by atoms with van der Waals surface area (Å²) in [6, 6.07) is 6.02. The van der Waals surface area contributed by atoms with Crippen LogP contribution in [-0.2, 0) is 10.9 Å². The standard InChI is InChI=1S/C28H34ClF3N4O2/c1-2-18-13-14-38-17-19(18)15-33-25-16-34-36(27(37)26(25)29)24-11-9-23(10-12-24)35(22-7-8-22)21-5-3-20(4-6-21)28(30,31)32/h2-6,16,18-19,22-24,33H,1,7-15,17H2/t18-,19+,23-,24-/m1/s1. The highest BCUT2D eigenvalue weighted by Gasteiger charge is 2.37. The van der Waals surface area contributed by atoms with Crippen molar-refractivity contribution in [1.82, 2.24) is 9.78 Å². The number of anilines is 2. The summed E-state index contributed by atoms with van der Waals surface area (Å²) >= 11 is 6.48. The van der Waals surface area contributed by atoms with Crippen molar-refractivity contribution in [3.63, 3.8) is 0 Å². The van der Waals surface area contributed by atoms with Crippen LogP contribution in [0.15, 0.2) is 47.9 Å². The van der Waals surface area contributed by atoms with Crippen LogP contribution in [0.5, 0.6) is 0 Å². The molecule has 0 amide bonds. The van der Waals surface area contributed by atoms with E-state index < -0.39 is 11.7 Å². The van der Waals surface area contributed by atoms with Crippen LogP contribution in [0, 0.1) is 11.8 Å². The van der Waals surface area contributed by atoms with Crippen molar-refractivity contribution in [2.45, 2.75) is 69.2 Å². The van der Waals surface area contributed by atoms with Gasteiger partial charge < -0.3 is 15.0 Å². The molecule has 0 spiro atoms. The Morgan fingerprint density at radius 2 is 1.76 bits per heavy atom. The molecule has 1 saturated heterocycles. The first kappa shape index (κ1) is 27.1. The highest BCUT2D eigenvalue weighted by Crippen LogP contribution is 2.40. The molecule has 10 heteroatoms. The third-order valence-corrected chi connectivity index (χ3v) is 8.54. The molecule has 2 aliphatic carbocycles. The number of ether oxygens (including phenoxy) is 1. The lowest BCUT2D eigenvalue weighted by Gasteiger charge is -2.39. The number of hydrogen-bond donors (Lipinski definition) is 1. The van der Waals surface area contributed by atoms with Gasteiger partial charge in [-0.15, -0.1) is 6.58 Å². The molecule has 38 heavy (non-hydrogen) atoms. The van der Waals surface area contributed by atoms with Gasteiger partial charge in [0.25, 0.3) is 5.56 Å².